The summed E-state index contributed by atoms with van der Waals surface area (Å²) in [6.07, 6.45) is 33.8. The highest BCUT2D eigenvalue weighted by atomic mass is 16.6. The van der Waals surface area contributed by atoms with Crippen molar-refractivity contribution in [1.29, 1.82) is 0 Å². The molecule has 0 saturated heterocycles. The second-order valence-corrected chi connectivity index (χ2v) is 14.5. The molecule has 284 valence electrons. The number of unbranched alkanes of at least 4 members (excludes halogenated alkanes) is 23. The van der Waals surface area contributed by atoms with E-state index in [-0.39, 0.29) is 31.1 Å². The Bertz CT molecular complexity index is 723. The van der Waals surface area contributed by atoms with Crippen LogP contribution < -0.4 is 0 Å². The Hall–Kier alpha value is -1.59. The minimum absolute atomic E-state index is 0.0659. The molecule has 2 atom stereocenters. The molecule has 0 aliphatic rings. The van der Waals surface area contributed by atoms with E-state index in [1.54, 1.807) is 0 Å². The van der Waals surface area contributed by atoms with E-state index in [4.69, 9.17) is 14.2 Å². The van der Waals surface area contributed by atoms with Gasteiger partial charge in [0.15, 0.2) is 6.10 Å². The average molecular weight is 681 g/mol. The molecule has 0 fully saturated rings. The minimum Gasteiger partial charge on any atom is -0.462 e. The van der Waals surface area contributed by atoms with E-state index < -0.39 is 6.10 Å². The molecule has 0 rings (SSSR count). The van der Waals surface area contributed by atoms with Gasteiger partial charge in [0.2, 0.25) is 0 Å². The van der Waals surface area contributed by atoms with E-state index in [0.29, 0.717) is 19.3 Å². The van der Waals surface area contributed by atoms with E-state index >= 15 is 0 Å². The number of esters is 3. The number of carbonyl (C=O) groups excluding carboxylic acids is 3. The van der Waals surface area contributed by atoms with Crippen LogP contribution in [-0.4, -0.2) is 37.2 Å². The summed E-state index contributed by atoms with van der Waals surface area (Å²) in [6, 6.07) is 0. The molecule has 0 radical (unpaired) electrons. The third-order valence-electron chi connectivity index (χ3n) is 9.65. The molecule has 0 bridgehead atoms. The standard InChI is InChI=1S/C42H80O6/c1-5-8-10-12-14-15-16-17-18-19-21-27-31-35-42(45)48-39(36-46-40(43)33-29-25-20-13-11-9-6-2)37-47-41(44)34-30-26-23-22-24-28-32-38(4)7-3/h38-39H,5-37H2,1-4H3/t38?,39-/m1/s1. The van der Waals surface area contributed by atoms with E-state index in [2.05, 4.69) is 27.7 Å². The topological polar surface area (TPSA) is 78.9 Å². The van der Waals surface area contributed by atoms with Crippen molar-refractivity contribution in [2.24, 2.45) is 5.92 Å². The van der Waals surface area contributed by atoms with Crippen LogP contribution in [0.5, 0.6) is 0 Å². The Balaban J connectivity index is 4.32. The van der Waals surface area contributed by atoms with E-state index in [1.807, 2.05) is 0 Å². The van der Waals surface area contributed by atoms with Crippen LogP contribution in [0.4, 0.5) is 0 Å². The molecule has 0 spiro atoms. The summed E-state index contributed by atoms with van der Waals surface area (Å²) < 4.78 is 16.6. The van der Waals surface area contributed by atoms with Crippen molar-refractivity contribution in [3.63, 3.8) is 0 Å². The highest BCUT2D eigenvalue weighted by Crippen LogP contribution is 2.16. The molecule has 6 heteroatoms. The van der Waals surface area contributed by atoms with Crippen molar-refractivity contribution in [2.75, 3.05) is 13.2 Å². The Kier molecular flexibility index (Phi) is 35.5. The molecule has 0 aromatic rings. The lowest BCUT2D eigenvalue weighted by atomic mass is 10.00. The molecule has 0 heterocycles. The maximum Gasteiger partial charge on any atom is 0.306 e. The predicted octanol–water partition coefficient (Wildman–Crippen LogP) is 12.8. The van der Waals surface area contributed by atoms with Gasteiger partial charge in [-0.05, 0) is 25.2 Å². The quantitative estimate of drug-likeness (QED) is 0.0369. The zero-order chi connectivity index (χ0) is 35.3. The van der Waals surface area contributed by atoms with E-state index in [0.717, 1.165) is 63.7 Å². The summed E-state index contributed by atoms with van der Waals surface area (Å²) in [7, 11) is 0. The molecule has 6 nitrogen and oxygen atoms in total. The first kappa shape index (κ1) is 46.4. The first-order valence-corrected chi connectivity index (χ1v) is 20.9. The number of rotatable bonds is 37. The van der Waals surface area contributed by atoms with Gasteiger partial charge in [-0.3, -0.25) is 14.4 Å². The molecule has 48 heavy (non-hydrogen) atoms. The first-order chi connectivity index (χ1) is 23.4. The van der Waals surface area contributed by atoms with Crippen LogP contribution in [0.3, 0.4) is 0 Å². The van der Waals surface area contributed by atoms with Gasteiger partial charge in [0, 0.05) is 19.3 Å². The first-order valence-electron chi connectivity index (χ1n) is 20.9. The molecule has 0 saturated carbocycles. The molecule has 0 aromatic carbocycles. The van der Waals surface area contributed by atoms with Gasteiger partial charge >= 0.3 is 17.9 Å². The predicted molar refractivity (Wildman–Crippen MR) is 201 cm³/mol. The molecule has 0 N–H and O–H groups in total. The van der Waals surface area contributed by atoms with Crippen LogP contribution >= 0.6 is 0 Å². The van der Waals surface area contributed by atoms with Gasteiger partial charge in [0.1, 0.15) is 13.2 Å². The second kappa shape index (κ2) is 36.7. The molecule has 0 aromatic heterocycles. The SMILES string of the molecule is CCCCCCCCCCCCCCCC(=O)O[C@H](COC(=O)CCCCCCCCC)COC(=O)CCCCCCCCC(C)CC. The normalized spacial score (nSPS) is 12.5. The summed E-state index contributed by atoms with van der Waals surface area (Å²) in [4.78, 5) is 37.4. The van der Waals surface area contributed by atoms with Gasteiger partial charge in [-0.1, -0.05) is 188 Å². The van der Waals surface area contributed by atoms with Crippen LogP contribution in [0.2, 0.25) is 0 Å². The molecular formula is C42H80O6. The summed E-state index contributed by atoms with van der Waals surface area (Å²) in [5.74, 6) is -0.0541. The maximum atomic E-state index is 12.6. The molecule has 0 aliphatic heterocycles. The van der Waals surface area contributed by atoms with E-state index in [9.17, 15) is 14.4 Å². The Morgan fingerprint density at radius 3 is 1.08 bits per heavy atom. The van der Waals surface area contributed by atoms with Crippen molar-refractivity contribution in [2.45, 2.75) is 233 Å². The number of hydrogen-bond donors (Lipinski definition) is 0. The third-order valence-corrected chi connectivity index (χ3v) is 9.65. The number of hydrogen-bond acceptors (Lipinski definition) is 6. The Labute approximate surface area is 298 Å². The third kappa shape index (κ3) is 34.3. The van der Waals surface area contributed by atoms with Gasteiger partial charge < -0.3 is 14.2 Å². The van der Waals surface area contributed by atoms with Gasteiger partial charge in [-0.2, -0.15) is 0 Å². The summed E-state index contributed by atoms with van der Waals surface area (Å²) in [6.45, 7) is 8.91. The monoisotopic (exact) mass is 681 g/mol. The lowest BCUT2D eigenvalue weighted by molar-refractivity contribution is -0.167. The van der Waals surface area contributed by atoms with Crippen LogP contribution in [0.1, 0.15) is 227 Å². The number of carbonyl (C=O) groups is 3. The fourth-order valence-electron chi connectivity index (χ4n) is 6.06. The molecule has 1 unspecified atom stereocenters. The summed E-state index contributed by atoms with van der Waals surface area (Å²) >= 11 is 0. The maximum absolute atomic E-state index is 12.6. The lowest BCUT2D eigenvalue weighted by Crippen LogP contribution is -2.30. The molecule has 0 aliphatic carbocycles. The van der Waals surface area contributed by atoms with Crippen molar-refractivity contribution < 1.29 is 28.6 Å². The Morgan fingerprint density at radius 1 is 0.417 bits per heavy atom. The van der Waals surface area contributed by atoms with Gasteiger partial charge in [-0.15, -0.1) is 0 Å². The fraction of sp³-hybridized carbons (Fsp3) is 0.929. The average Bonchev–Trinajstić information content (AvgIpc) is 3.08. The van der Waals surface area contributed by atoms with Crippen molar-refractivity contribution in [1.82, 2.24) is 0 Å². The summed E-state index contributed by atoms with van der Waals surface area (Å²) in [5, 5.41) is 0. The Morgan fingerprint density at radius 2 is 0.729 bits per heavy atom. The zero-order valence-corrected chi connectivity index (χ0v) is 32.4. The van der Waals surface area contributed by atoms with Gasteiger partial charge in [0.05, 0.1) is 0 Å². The lowest BCUT2D eigenvalue weighted by Gasteiger charge is -2.18. The highest BCUT2D eigenvalue weighted by Gasteiger charge is 2.19. The largest absolute Gasteiger partial charge is 0.462 e. The minimum atomic E-state index is -0.757. The fourth-order valence-corrected chi connectivity index (χ4v) is 6.06. The second-order valence-electron chi connectivity index (χ2n) is 14.5. The van der Waals surface area contributed by atoms with Crippen molar-refractivity contribution >= 4 is 17.9 Å². The smallest absolute Gasteiger partial charge is 0.306 e. The zero-order valence-electron chi connectivity index (χ0n) is 32.4. The van der Waals surface area contributed by atoms with Crippen LogP contribution in [-0.2, 0) is 28.6 Å². The molecule has 0 amide bonds. The van der Waals surface area contributed by atoms with Gasteiger partial charge in [-0.25, -0.2) is 0 Å². The highest BCUT2D eigenvalue weighted by molar-refractivity contribution is 5.71. The van der Waals surface area contributed by atoms with Crippen LogP contribution in [0, 0.1) is 5.92 Å². The van der Waals surface area contributed by atoms with E-state index in [1.165, 1.54) is 122 Å². The molecular weight excluding hydrogens is 600 g/mol. The van der Waals surface area contributed by atoms with Crippen LogP contribution in [0.25, 0.3) is 0 Å². The van der Waals surface area contributed by atoms with Gasteiger partial charge in [0.25, 0.3) is 0 Å². The van der Waals surface area contributed by atoms with Crippen molar-refractivity contribution in [3.8, 4) is 0 Å². The van der Waals surface area contributed by atoms with Crippen molar-refractivity contribution in [3.05, 3.63) is 0 Å². The number of ether oxygens (including phenoxy) is 3. The summed E-state index contributed by atoms with van der Waals surface area (Å²) in [5.41, 5.74) is 0. The van der Waals surface area contributed by atoms with Crippen LogP contribution in [0.15, 0.2) is 0 Å².